The van der Waals surface area contributed by atoms with Gasteiger partial charge in [-0.1, -0.05) is 12.8 Å². The zero-order valence-electron chi connectivity index (χ0n) is 14.0. The largest absolute Gasteiger partial charge is 0.352 e. The molecule has 1 fully saturated rings. The van der Waals surface area contributed by atoms with Crippen molar-refractivity contribution in [1.82, 2.24) is 15.3 Å². The highest BCUT2D eigenvalue weighted by molar-refractivity contribution is 5.85. The molecular formula is C16H29Cl2N5O. The van der Waals surface area contributed by atoms with Crippen LogP contribution in [-0.2, 0) is 4.79 Å². The summed E-state index contributed by atoms with van der Waals surface area (Å²) in [7, 11) is 0. The number of hydrogen-bond acceptors (Lipinski definition) is 5. The van der Waals surface area contributed by atoms with Crippen LogP contribution < -0.4 is 16.0 Å². The van der Waals surface area contributed by atoms with E-state index in [1.807, 2.05) is 6.07 Å². The molecule has 0 radical (unpaired) electrons. The molecular weight excluding hydrogens is 349 g/mol. The third kappa shape index (κ3) is 8.13. The van der Waals surface area contributed by atoms with Crippen LogP contribution in [0.1, 0.15) is 44.9 Å². The van der Waals surface area contributed by atoms with Crippen LogP contribution in [0.4, 0.5) is 5.95 Å². The van der Waals surface area contributed by atoms with Gasteiger partial charge in [0.25, 0.3) is 0 Å². The Bertz CT molecular complexity index is 449. The Morgan fingerprint density at radius 2 is 1.92 bits per heavy atom. The molecule has 1 aliphatic heterocycles. The Balaban J connectivity index is 0.00000264. The van der Waals surface area contributed by atoms with E-state index in [2.05, 4.69) is 20.2 Å². The number of anilines is 1. The molecule has 1 saturated heterocycles. The van der Waals surface area contributed by atoms with Crippen LogP contribution in [0.2, 0.25) is 0 Å². The van der Waals surface area contributed by atoms with Gasteiger partial charge in [-0.3, -0.25) is 4.79 Å². The highest BCUT2D eigenvalue weighted by Gasteiger charge is 2.22. The minimum Gasteiger partial charge on any atom is -0.352 e. The van der Waals surface area contributed by atoms with Gasteiger partial charge in [0.2, 0.25) is 11.9 Å². The van der Waals surface area contributed by atoms with E-state index in [-0.39, 0.29) is 36.8 Å². The minimum absolute atomic E-state index is 0. The summed E-state index contributed by atoms with van der Waals surface area (Å²) in [5.74, 6) is 0.914. The fourth-order valence-electron chi connectivity index (χ4n) is 2.81. The number of piperidine rings is 1. The van der Waals surface area contributed by atoms with Crippen molar-refractivity contribution in [2.75, 3.05) is 24.5 Å². The molecule has 0 bridgehead atoms. The van der Waals surface area contributed by atoms with Gasteiger partial charge in [0, 0.05) is 37.9 Å². The summed E-state index contributed by atoms with van der Waals surface area (Å²) < 4.78 is 0. The molecule has 0 aromatic carbocycles. The third-order valence-electron chi connectivity index (χ3n) is 3.98. The molecule has 8 heteroatoms. The minimum atomic E-state index is 0. The number of hydrogen-bond donors (Lipinski definition) is 2. The van der Waals surface area contributed by atoms with E-state index in [4.69, 9.17) is 5.73 Å². The summed E-state index contributed by atoms with van der Waals surface area (Å²) in [5.41, 5.74) is 5.46. The summed E-state index contributed by atoms with van der Waals surface area (Å²) in [6.07, 6.45) is 10.4. The molecule has 0 spiro atoms. The molecule has 138 valence electrons. The second-order valence-corrected chi connectivity index (χ2v) is 5.85. The Kier molecular flexibility index (Phi) is 12.6. The first-order valence-corrected chi connectivity index (χ1v) is 8.31. The predicted octanol–water partition coefficient (Wildman–Crippen LogP) is 2.31. The number of nitrogens with zero attached hydrogens (tertiary/aromatic N) is 3. The van der Waals surface area contributed by atoms with E-state index in [1.54, 1.807) is 12.4 Å². The first-order valence-electron chi connectivity index (χ1n) is 8.31. The Morgan fingerprint density at radius 3 is 2.62 bits per heavy atom. The smallest absolute Gasteiger partial charge is 0.225 e. The number of nitrogens with one attached hydrogen (secondary N) is 1. The van der Waals surface area contributed by atoms with Crippen molar-refractivity contribution in [3.8, 4) is 0 Å². The van der Waals surface area contributed by atoms with Gasteiger partial charge in [-0.15, -0.1) is 24.8 Å². The molecule has 0 aliphatic carbocycles. The highest BCUT2D eigenvalue weighted by atomic mass is 35.5. The summed E-state index contributed by atoms with van der Waals surface area (Å²) in [6, 6.07) is 2.02. The number of halogens is 2. The van der Waals surface area contributed by atoms with Crippen LogP contribution >= 0.6 is 24.8 Å². The van der Waals surface area contributed by atoms with Gasteiger partial charge >= 0.3 is 0 Å². The number of carbonyl (C=O) groups excluding carboxylic acids is 1. The summed E-state index contributed by atoms with van der Waals surface area (Å²) in [4.78, 5) is 22.7. The summed E-state index contributed by atoms with van der Waals surface area (Å²) in [6.45, 7) is 2.49. The van der Waals surface area contributed by atoms with Crippen LogP contribution in [0.3, 0.4) is 0 Å². The normalized spacial score (nSPS) is 16.7. The van der Waals surface area contributed by atoms with Crippen LogP contribution in [0.25, 0.3) is 0 Å². The van der Waals surface area contributed by atoms with Crippen LogP contribution in [-0.4, -0.2) is 41.6 Å². The third-order valence-corrected chi connectivity index (χ3v) is 3.98. The standard InChI is InChI=1S/C16H27N5O.2ClH/c17-9-4-2-1-3-8-15(22)20-14-7-5-12-21(13-14)16-18-10-6-11-19-16;;/h6,10-11,14H,1-5,7-9,12-13,17H2,(H,20,22);2*1H. The lowest BCUT2D eigenvalue weighted by Crippen LogP contribution is -2.48. The lowest BCUT2D eigenvalue weighted by Gasteiger charge is -2.33. The molecule has 1 amide bonds. The monoisotopic (exact) mass is 377 g/mol. The molecule has 1 aliphatic rings. The first kappa shape index (κ1) is 22.9. The number of carbonyl (C=O) groups is 1. The maximum absolute atomic E-state index is 12.0. The Labute approximate surface area is 156 Å². The van der Waals surface area contributed by atoms with Crippen molar-refractivity contribution in [3.05, 3.63) is 18.5 Å². The van der Waals surface area contributed by atoms with Gasteiger partial charge < -0.3 is 16.0 Å². The molecule has 1 atom stereocenters. The van der Waals surface area contributed by atoms with Gasteiger partial charge in [0.05, 0.1) is 0 Å². The van der Waals surface area contributed by atoms with E-state index < -0.39 is 0 Å². The molecule has 6 nitrogen and oxygen atoms in total. The Morgan fingerprint density at radius 1 is 1.21 bits per heavy atom. The fourth-order valence-corrected chi connectivity index (χ4v) is 2.81. The van der Waals surface area contributed by atoms with Crippen LogP contribution in [0.15, 0.2) is 18.5 Å². The Hall–Kier alpha value is -1.11. The molecule has 24 heavy (non-hydrogen) atoms. The number of aromatic nitrogens is 2. The van der Waals surface area contributed by atoms with E-state index in [9.17, 15) is 4.79 Å². The molecule has 2 rings (SSSR count). The number of rotatable bonds is 8. The van der Waals surface area contributed by atoms with Crippen molar-refractivity contribution in [2.24, 2.45) is 5.73 Å². The van der Waals surface area contributed by atoms with Gasteiger partial charge in [-0.05, 0) is 38.3 Å². The number of amides is 1. The molecule has 1 aromatic heterocycles. The van der Waals surface area contributed by atoms with Gasteiger partial charge in [-0.2, -0.15) is 0 Å². The number of nitrogens with two attached hydrogens (primary N) is 1. The lowest BCUT2D eigenvalue weighted by atomic mass is 10.1. The van der Waals surface area contributed by atoms with Gasteiger partial charge in [-0.25, -0.2) is 9.97 Å². The molecule has 1 aromatic rings. The maximum Gasteiger partial charge on any atom is 0.225 e. The fraction of sp³-hybridized carbons (Fsp3) is 0.688. The topological polar surface area (TPSA) is 84.1 Å². The SMILES string of the molecule is Cl.Cl.NCCCCCCC(=O)NC1CCCN(c2ncccn2)C1. The number of unbranched alkanes of at least 4 members (excludes halogenated alkanes) is 3. The predicted molar refractivity (Wildman–Crippen MR) is 102 cm³/mol. The van der Waals surface area contributed by atoms with Crippen molar-refractivity contribution >= 4 is 36.7 Å². The maximum atomic E-state index is 12.0. The zero-order valence-corrected chi connectivity index (χ0v) is 15.7. The van der Waals surface area contributed by atoms with Crippen LogP contribution in [0, 0.1) is 0 Å². The molecule has 1 unspecified atom stereocenters. The summed E-state index contributed by atoms with van der Waals surface area (Å²) >= 11 is 0. The zero-order chi connectivity index (χ0) is 15.6. The quantitative estimate of drug-likeness (QED) is 0.679. The summed E-state index contributed by atoms with van der Waals surface area (Å²) in [5, 5.41) is 3.15. The van der Waals surface area contributed by atoms with Crippen LogP contribution in [0.5, 0.6) is 0 Å². The molecule has 0 saturated carbocycles. The first-order chi connectivity index (χ1) is 10.8. The second-order valence-electron chi connectivity index (χ2n) is 5.85. The van der Waals surface area contributed by atoms with E-state index >= 15 is 0 Å². The van der Waals surface area contributed by atoms with Gasteiger partial charge in [0.1, 0.15) is 0 Å². The average molecular weight is 378 g/mol. The van der Waals surface area contributed by atoms with Crippen molar-refractivity contribution in [1.29, 1.82) is 0 Å². The van der Waals surface area contributed by atoms with E-state index in [1.165, 1.54) is 0 Å². The van der Waals surface area contributed by atoms with Crippen molar-refractivity contribution in [3.63, 3.8) is 0 Å². The van der Waals surface area contributed by atoms with Crippen molar-refractivity contribution < 1.29 is 4.79 Å². The molecule has 3 N–H and O–H groups in total. The van der Waals surface area contributed by atoms with Gasteiger partial charge in [0.15, 0.2) is 0 Å². The second kappa shape index (κ2) is 13.2. The highest BCUT2D eigenvalue weighted by Crippen LogP contribution is 2.15. The lowest BCUT2D eigenvalue weighted by molar-refractivity contribution is -0.122. The van der Waals surface area contributed by atoms with E-state index in [0.717, 1.165) is 64.1 Å². The van der Waals surface area contributed by atoms with E-state index in [0.29, 0.717) is 6.42 Å². The van der Waals surface area contributed by atoms with Crippen molar-refractivity contribution in [2.45, 2.75) is 51.0 Å². The average Bonchev–Trinajstić information content (AvgIpc) is 2.56. The molecule has 2 heterocycles.